The molecular formula is C16H27NO3S. The molecule has 5 heteroatoms. The van der Waals surface area contributed by atoms with Crippen molar-refractivity contribution in [1.29, 1.82) is 0 Å². The van der Waals surface area contributed by atoms with Crippen LogP contribution < -0.4 is 0 Å². The Morgan fingerprint density at radius 2 is 1.90 bits per heavy atom. The summed E-state index contributed by atoms with van der Waals surface area (Å²) in [4.78, 5) is 25.6. The minimum atomic E-state index is -0.855. The first kappa shape index (κ1) is 16.7. The lowest BCUT2D eigenvalue weighted by molar-refractivity contribution is -0.149. The molecule has 0 spiro atoms. The van der Waals surface area contributed by atoms with Gasteiger partial charge in [-0.05, 0) is 18.8 Å². The summed E-state index contributed by atoms with van der Waals surface area (Å²) < 4.78 is 0. The molecule has 1 aliphatic heterocycles. The highest BCUT2D eigenvalue weighted by Gasteiger charge is 2.40. The molecule has 1 saturated carbocycles. The summed E-state index contributed by atoms with van der Waals surface area (Å²) in [5.41, 5.74) is 0. The van der Waals surface area contributed by atoms with Crippen molar-refractivity contribution in [2.75, 3.05) is 5.75 Å². The molecular weight excluding hydrogens is 286 g/mol. The fraction of sp³-hybridized carbons (Fsp3) is 0.875. The first-order chi connectivity index (χ1) is 10.1. The van der Waals surface area contributed by atoms with Crippen LogP contribution in [0.3, 0.4) is 0 Å². The lowest BCUT2D eigenvalue weighted by Gasteiger charge is -2.28. The fourth-order valence-corrected chi connectivity index (χ4v) is 5.03. The van der Waals surface area contributed by atoms with E-state index in [0.717, 1.165) is 19.3 Å². The van der Waals surface area contributed by atoms with E-state index in [2.05, 4.69) is 6.92 Å². The van der Waals surface area contributed by atoms with Gasteiger partial charge in [-0.25, -0.2) is 4.79 Å². The zero-order chi connectivity index (χ0) is 15.2. The standard InChI is InChI=1S/C16H27NO3S/c1-2-6-15-17(13(11-21-15)16(19)20)14(18)10-9-12-7-4-3-5-8-12/h12-13,15H,2-11H2,1H3,(H,19,20). The van der Waals surface area contributed by atoms with E-state index in [1.807, 2.05) is 0 Å². The molecule has 2 unspecified atom stereocenters. The second-order valence-electron chi connectivity index (χ2n) is 6.27. The average Bonchev–Trinajstić information content (AvgIpc) is 2.90. The van der Waals surface area contributed by atoms with Crippen LogP contribution in [0.4, 0.5) is 0 Å². The third-order valence-corrected chi connectivity index (χ3v) is 6.05. The molecule has 1 N–H and O–H groups in total. The van der Waals surface area contributed by atoms with Gasteiger partial charge in [-0.2, -0.15) is 0 Å². The van der Waals surface area contributed by atoms with Crippen LogP contribution in [0.2, 0.25) is 0 Å². The van der Waals surface area contributed by atoms with E-state index in [1.54, 1.807) is 16.7 Å². The second kappa shape index (κ2) is 8.06. The highest BCUT2D eigenvalue weighted by atomic mass is 32.2. The number of nitrogens with zero attached hydrogens (tertiary/aromatic N) is 1. The van der Waals surface area contributed by atoms with Crippen LogP contribution in [-0.4, -0.2) is 39.1 Å². The van der Waals surface area contributed by atoms with Gasteiger partial charge in [0.15, 0.2) is 0 Å². The number of rotatable bonds is 6. The molecule has 21 heavy (non-hydrogen) atoms. The fourth-order valence-electron chi connectivity index (χ4n) is 3.49. The zero-order valence-electron chi connectivity index (χ0n) is 12.9. The lowest BCUT2D eigenvalue weighted by Crippen LogP contribution is -2.45. The van der Waals surface area contributed by atoms with Crippen molar-refractivity contribution in [2.45, 2.75) is 76.1 Å². The molecule has 0 bridgehead atoms. The Morgan fingerprint density at radius 1 is 1.19 bits per heavy atom. The van der Waals surface area contributed by atoms with Gasteiger partial charge in [-0.3, -0.25) is 4.79 Å². The van der Waals surface area contributed by atoms with Gasteiger partial charge in [0.05, 0.1) is 5.37 Å². The topological polar surface area (TPSA) is 57.6 Å². The largest absolute Gasteiger partial charge is 0.480 e. The number of aliphatic carboxylic acids is 1. The van der Waals surface area contributed by atoms with Crippen molar-refractivity contribution < 1.29 is 14.7 Å². The van der Waals surface area contributed by atoms with Crippen LogP contribution in [0.15, 0.2) is 0 Å². The number of carboxylic acids is 1. The van der Waals surface area contributed by atoms with Crippen LogP contribution in [0.5, 0.6) is 0 Å². The molecule has 2 aliphatic rings. The molecule has 1 amide bonds. The van der Waals surface area contributed by atoms with Crippen LogP contribution >= 0.6 is 11.8 Å². The SMILES string of the molecule is CCCC1SCC(C(=O)O)N1C(=O)CCC1CCCCC1. The van der Waals surface area contributed by atoms with E-state index < -0.39 is 12.0 Å². The van der Waals surface area contributed by atoms with Gasteiger partial charge in [0.25, 0.3) is 0 Å². The molecule has 1 aliphatic carbocycles. The number of carbonyl (C=O) groups is 2. The van der Waals surface area contributed by atoms with Gasteiger partial charge >= 0.3 is 5.97 Å². The number of amides is 1. The molecule has 120 valence electrons. The maximum Gasteiger partial charge on any atom is 0.327 e. The minimum absolute atomic E-state index is 0.0522. The van der Waals surface area contributed by atoms with Crippen molar-refractivity contribution in [3.05, 3.63) is 0 Å². The van der Waals surface area contributed by atoms with E-state index in [1.165, 1.54) is 32.1 Å². The van der Waals surface area contributed by atoms with Gasteiger partial charge in [0.2, 0.25) is 5.91 Å². The number of hydrogen-bond acceptors (Lipinski definition) is 3. The van der Waals surface area contributed by atoms with Crippen molar-refractivity contribution in [1.82, 2.24) is 4.90 Å². The summed E-state index contributed by atoms with van der Waals surface area (Å²) in [6.45, 7) is 2.08. The molecule has 2 atom stereocenters. The first-order valence-corrected chi connectivity index (χ1v) is 9.34. The summed E-state index contributed by atoms with van der Waals surface area (Å²) >= 11 is 1.63. The van der Waals surface area contributed by atoms with E-state index in [0.29, 0.717) is 18.1 Å². The Hall–Kier alpha value is -0.710. The van der Waals surface area contributed by atoms with E-state index in [4.69, 9.17) is 0 Å². The predicted octanol–water partition coefficient (Wildman–Crippen LogP) is 3.50. The molecule has 0 aromatic heterocycles. The zero-order valence-corrected chi connectivity index (χ0v) is 13.7. The van der Waals surface area contributed by atoms with Crippen molar-refractivity contribution in [3.63, 3.8) is 0 Å². The minimum Gasteiger partial charge on any atom is -0.480 e. The number of hydrogen-bond donors (Lipinski definition) is 1. The lowest BCUT2D eigenvalue weighted by atomic mass is 9.86. The molecule has 2 rings (SSSR count). The Kier molecular flexibility index (Phi) is 6.40. The van der Waals surface area contributed by atoms with E-state index >= 15 is 0 Å². The van der Waals surface area contributed by atoms with Crippen molar-refractivity contribution >= 4 is 23.6 Å². The van der Waals surface area contributed by atoms with Gasteiger partial charge in [0.1, 0.15) is 6.04 Å². The molecule has 1 saturated heterocycles. The molecule has 0 aromatic carbocycles. The van der Waals surface area contributed by atoms with Gasteiger partial charge in [-0.1, -0.05) is 45.4 Å². The molecule has 0 aromatic rings. The third kappa shape index (κ3) is 4.38. The van der Waals surface area contributed by atoms with E-state index in [9.17, 15) is 14.7 Å². The molecule has 4 nitrogen and oxygen atoms in total. The maximum absolute atomic E-state index is 12.5. The normalized spacial score (nSPS) is 27.0. The van der Waals surface area contributed by atoms with E-state index in [-0.39, 0.29) is 11.3 Å². The Bertz CT molecular complexity index is 369. The van der Waals surface area contributed by atoms with Crippen LogP contribution in [-0.2, 0) is 9.59 Å². The first-order valence-electron chi connectivity index (χ1n) is 8.29. The highest BCUT2D eigenvalue weighted by molar-refractivity contribution is 8.00. The quantitative estimate of drug-likeness (QED) is 0.815. The van der Waals surface area contributed by atoms with Gasteiger partial charge < -0.3 is 10.0 Å². The second-order valence-corrected chi connectivity index (χ2v) is 7.49. The van der Waals surface area contributed by atoms with Crippen LogP contribution in [0.25, 0.3) is 0 Å². The van der Waals surface area contributed by atoms with Gasteiger partial charge in [-0.15, -0.1) is 11.8 Å². The number of carbonyl (C=O) groups excluding carboxylic acids is 1. The molecule has 0 radical (unpaired) electrons. The maximum atomic E-state index is 12.5. The number of thioether (sulfide) groups is 1. The third-order valence-electron chi connectivity index (χ3n) is 4.69. The van der Waals surface area contributed by atoms with Gasteiger partial charge in [0, 0.05) is 12.2 Å². The predicted molar refractivity (Wildman–Crippen MR) is 85.2 cm³/mol. The summed E-state index contributed by atoms with van der Waals surface area (Å²) in [5.74, 6) is 0.407. The van der Waals surface area contributed by atoms with Crippen LogP contribution in [0, 0.1) is 5.92 Å². The Labute approximate surface area is 131 Å². The summed E-state index contributed by atoms with van der Waals surface area (Å²) in [5, 5.41) is 9.39. The van der Waals surface area contributed by atoms with Crippen LogP contribution in [0.1, 0.15) is 64.7 Å². The Balaban J connectivity index is 1.91. The highest BCUT2D eigenvalue weighted by Crippen LogP contribution is 2.34. The molecule has 2 fully saturated rings. The smallest absolute Gasteiger partial charge is 0.327 e. The van der Waals surface area contributed by atoms with Crippen molar-refractivity contribution in [3.8, 4) is 0 Å². The summed E-state index contributed by atoms with van der Waals surface area (Å²) in [6, 6.07) is -0.620. The molecule has 1 heterocycles. The summed E-state index contributed by atoms with van der Waals surface area (Å²) in [7, 11) is 0. The summed E-state index contributed by atoms with van der Waals surface area (Å²) in [6.07, 6.45) is 9.71. The van der Waals surface area contributed by atoms with Crippen molar-refractivity contribution in [2.24, 2.45) is 5.92 Å². The average molecular weight is 313 g/mol. The monoisotopic (exact) mass is 313 g/mol. The Morgan fingerprint density at radius 3 is 2.52 bits per heavy atom. The number of carboxylic acid groups (broad SMARTS) is 1.